The average Bonchev–Trinajstić information content (AvgIpc) is 3.17. The summed E-state index contributed by atoms with van der Waals surface area (Å²) in [5, 5.41) is 17.2. The van der Waals surface area contributed by atoms with E-state index in [0.29, 0.717) is 13.0 Å². The van der Waals surface area contributed by atoms with Gasteiger partial charge < -0.3 is 10.0 Å². The lowest BCUT2D eigenvalue weighted by atomic mass is 10.1. The molecule has 0 spiro atoms. The van der Waals surface area contributed by atoms with Crippen molar-refractivity contribution in [3.63, 3.8) is 0 Å². The van der Waals surface area contributed by atoms with Gasteiger partial charge in [0.25, 0.3) is 5.91 Å². The van der Waals surface area contributed by atoms with Gasteiger partial charge in [-0.15, -0.1) is 5.10 Å². The molecule has 1 aliphatic heterocycles. The van der Waals surface area contributed by atoms with E-state index in [1.165, 1.54) is 15.9 Å². The maximum absolute atomic E-state index is 12.3. The quantitative estimate of drug-likeness (QED) is 0.902. The average molecular weight is 286 g/mol. The third-order valence-corrected chi connectivity index (χ3v) is 3.52. The van der Waals surface area contributed by atoms with Crippen molar-refractivity contribution < 1.29 is 14.7 Å². The van der Waals surface area contributed by atoms with Gasteiger partial charge in [-0.1, -0.05) is 18.2 Å². The van der Waals surface area contributed by atoms with Crippen LogP contribution in [0.15, 0.2) is 36.5 Å². The minimum Gasteiger partial charge on any atom is -0.481 e. The highest BCUT2D eigenvalue weighted by Crippen LogP contribution is 2.18. The molecule has 2 aromatic rings. The first kappa shape index (κ1) is 13.3. The van der Waals surface area contributed by atoms with E-state index in [0.717, 1.165) is 5.69 Å². The van der Waals surface area contributed by atoms with Crippen LogP contribution in [0.2, 0.25) is 0 Å². The van der Waals surface area contributed by atoms with Gasteiger partial charge in [0.1, 0.15) is 0 Å². The molecule has 1 aliphatic rings. The third-order valence-electron chi connectivity index (χ3n) is 3.52. The standard InChI is InChI=1S/C14H14N4O3/c19-13(17-7-6-10(9-17)14(20)21)12-8-15-18(16-12)11-4-2-1-3-5-11/h1-5,8,10H,6-7,9H2,(H,20,21)/t10-/m0/s1. The van der Waals surface area contributed by atoms with Crippen molar-refractivity contribution in [1.29, 1.82) is 0 Å². The monoisotopic (exact) mass is 286 g/mol. The molecule has 1 aromatic carbocycles. The fourth-order valence-electron chi connectivity index (χ4n) is 2.36. The van der Waals surface area contributed by atoms with Gasteiger partial charge in [-0.2, -0.15) is 9.90 Å². The Morgan fingerprint density at radius 3 is 2.67 bits per heavy atom. The Bertz CT molecular complexity index is 668. The maximum atomic E-state index is 12.3. The lowest BCUT2D eigenvalue weighted by Gasteiger charge is -2.13. The zero-order chi connectivity index (χ0) is 14.8. The first-order chi connectivity index (χ1) is 10.1. The summed E-state index contributed by atoms with van der Waals surface area (Å²) in [5.74, 6) is -1.63. The topological polar surface area (TPSA) is 88.3 Å². The molecule has 2 heterocycles. The molecule has 0 unspecified atom stereocenters. The number of aliphatic carboxylic acids is 1. The van der Waals surface area contributed by atoms with Crippen molar-refractivity contribution in [3.8, 4) is 5.69 Å². The van der Waals surface area contributed by atoms with Crippen LogP contribution in [0.3, 0.4) is 0 Å². The Morgan fingerprint density at radius 2 is 2.00 bits per heavy atom. The van der Waals surface area contributed by atoms with Crippen LogP contribution in [0, 0.1) is 5.92 Å². The van der Waals surface area contributed by atoms with E-state index in [1.807, 2.05) is 30.3 Å². The fourth-order valence-corrected chi connectivity index (χ4v) is 2.36. The van der Waals surface area contributed by atoms with Crippen molar-refractivity contribution in [3.05, 3.63) is 42.2 Å². The third kappa shape index (κ3) is 2.62. The van der Waals surface area contributed by atoms with E-state index in [9.17, 15) is 9.59 Å². The van der Waals surface area contributed by atoms with Gasteiger partial charge in [-0.3, -0.25) is 9.59 Å². The Kier molecular flexibility index (Phi) is 3.39. The van der Waals surface area contributed by atoms with E-state index in [4.69, 9.17) is 5.11 Å². The summed E-state index contributed by atoms with van der Waals surface area (Å²) in [6, 6.07) is 9.28. The number of para-hydroxylation sites is 1. The predicted octanol–water partition coefficient (Wildman–Crippen LogP) is 0.814. The normalized spacial score (nSPS) is 17.9. The van der Waals surface area contributed by atoms with Crippen LogP contribution >= 0.6 is 0 Å². The summed E-state index contributed by atoms with van der Waals surface area (Å²) in [6.07, 6.45) is 1.89. The van der Waals surface area contributed by atoms with Gasteiger partial charge in [0.2, 0.25) is 0 Å². The molecule has 1 atom stereocenters. The van der Waals surface area contributed by atoms with Crippen molar-refractivity contribution >= 4 is 11.9 Å². The van der Waals surface area contributed by atoms with Crippen molar-refractivity contribution in [1.82, 2.24) is 19.9 Å². The number of benzene rings is 1. The molecular formula is C14H14N4O3. The van der Waals surface area contributed by atoms with Crippen LogP contribution in [0.1, 0.15) is 16.9 Å². The summed E-state index contributed by atoms with van der Waals surface area (Å²) >= 11 is 0. The number of likely N-dealkylation sites (tertiary alicyclic amines) is 1. The zero-order valence-corrected chi connectivity index (χ0v) is 11.2. The summed E-state index contributed by atoms with van der Waals surface area (Å²) < 4.78 is 0. The molecule has 0 bridgehead atoms. The lowest BCUT2D eigenvalue weighted by Crippen LogP contribution is -2.30. The minimum atomic E-state index is -0.863. The van der Waals surface area contributed by atoms with Gasteiger partial charge in [0.05, 0.1) is 17.8 Å². The summed E-state index contributed by atoms with van der Waals surface area (Å²) in [4.78, 5) is 26.1. The maximum Gasteiger partial charge on any atom is 0.308 e. The molecule has 7 heteroatoms. The number of hydrogen-bond donors (Lipinski definition) is 1. The lowest BCUT2D eigenvalue weighted by molar-refractivity contribution is -0.141. The van der Waals surface area contributed by atoms with Crippen LogP contribution in [0.25, 0.3) is 5.69 Å². The zero-order valence-electron chi connectivity index (χ0n) is 11.2. The number of nitrogens with zero attached hydrogens (tertiary/aromatic N) is 4. The number of aromatic nitrogens is 3. The fraction of sp³-hybridized carbons (Fsp3) is 0.286. The SMILES string of the molecule is O=C(O)[C@H]1CCN(C(=O)c2cnn(-c3ccccc3)n2)C1. The van der Waals surface area contributed by atoms with Gasteiger partial charge in [0.15, 0.2) is 5.69 Å². The number of carboxylic acids is 1. The first-order valence-corrected chi connectivity index (χ1v) is 6.65. The molecule has 7 nitrogen and oxygen atoms in total. The van der Waals surface area contributed by atoms with E-state index in [-0.39, 0.29) is 18.1 Å². The van der Waals surface area contributed by atoms with Crippen molar-refractivity contribution in [2.75, 3.05) is 13.1 Å². The van der Waals surface area contributed by atoms with Crippen LogP contribution < -0.4 is 0 Å². The molecule has 1 saturated heterocycles. The number of carbonyl (C=O) groups is 2. The van der Waals surface area contributed by atoms with Crippen LogP contribution in [-0.2, 0) is 4.79 Å². The molecule has 1 aromatic heterocycles. The van der Waals surface area contributed by atoms with Gasteiger partial charge in [-0.25, -0.2) is 0 Å². The summed E-state index contributed by atoms with van der Waals surface area (Å²) in [6.45, 7) is 0.667. The highest BCUT2D eigenvalue weighted by Gasteiger charge is 2.32. The Morgan fingerprint density at radius 1 is 1.24 bits per heavy atom. The van der Waals surface area contributed by atoms with Crippen molar-refractivity contribution in [2.45, 2.75) is 6.42 Å². The second-order valence-corrected chi connectivity index (χ2v) is 4.93. The molecule has 1 amide bonds. The van der Waals surface area contributed by atoms with Crippen LogP contribution in [-0.4, -0.2) is 50.0 Å². The molecule has 1 fully saturated rings. The van der Waals surface area contributed by atoms with E-state index < -0.39 is 11.9 Å². The van der Waals surface area contributed by atoms with Gasteiger partial charge in [0, 0.05) is 13.1 Å². The molecule has 3 rings (SSSR count). The Balaban J connectivity index is 1.75. The number of carbonyl (C=O) groups excluding carboxylic acids is 1. The summed E-state index contributed by atoms with van der Waals surface area (Å²) in [5.41, 5.74) is 0.992. The minimum absolute atomic E-state index is 0.227. The van der Waals surface area contributed by atoms with Crippen molar-refractivity contribution in [2.24, 2.45) is 5.92 Å². The number of amides is 1. The molecule has 21 heavy (non-hydrogen) atoms. The second kappa shape index (κ2) is 5.35. The van der Waals surface area contributed by atoms with Gasteiger partial charge in [-0.05, 0) is 18.6 Å². The smallest absolute Gasteiger partial charge is 0.308 e. The Labute approximate surface area is 120 Å². The van der Waals surface area contributed by atoms with Crippen LogP contribution in [0.5, 0.6) is 0 Å². The number of carboxylic acid groups (broad SMARTS) is 1. The summed E-state index contributed by atoms with van der Waals surface area (Å²) in [7, 11) is 0. The predicted molar refractivity (Wildman–Crippen MR) is 73.0 cm³/mol. The molecule has 0 saturated carbocycles. The molecule has 0 radical (unpaired) electrons. The molecule has 0 aliphatic carbocycles. The van der Waals surface area contributed by atoms with E-state index in [2.05, 4.69) is 10.2 Å². The molecule has 1 N–H and O–H groups in total. The highest BCUT2D eigenvalue weighted by atomic mass is 16.4. The highest BCUT2D eigenvalue weighted by molar-refractivity contribution is 5.92. The molecular weight excluding hydrogens is 272 g/mol. The van der Waals surface area contributed by atoms with E-state index >= 15 is 0 Å². The molecule has 108 valence electrons. The van der Waals surface area contributed by atoms with E-state index in [1.54, 1.807) is 0 Å². The van der Waals surface area contributed by atoms with Gasteiger partial charge >= 0.3 is 5.97 Å². The van der Waals surface area contributed by atoms with Crippen LogP contribution in [0.4, 0.5) is 0 Å². The second-order valence-electron chi connectivity index (χ2n) is 4.93. The number of rotatable bonds is 3. The largest absolute Gasteiger partial charge is 0.481 e. The number of hydrogen-bond acceptors (Lipinski definition) is 4. The Hall–Kier alpha value is -2.70. The first-order valence-electron chi connectivity index (χ1n) is 6.65.